The molecule has 1 aromatic carbocycles. The van der Waals surface area contributed by atoms with Gasteiger partial charge in [0.25, 0.3) is 0 Å². The highest BCUT2D eigenvalue weighted by Gasteiger charge is 2.61. The normalized spacial score (nSPS) is 40.6. The number of rotatable bonds is 3. The first-order valence-electron chi connectivity index (χ1n) is 6.80. The van der Waals surface area contributed by atoms with Gasteiger partial charge >= 0.3 is 0 Å². The van der Waals surface area contributed by atoms with Crippen LogP contribution in [-0.2, 0) is 0 Å². The lowest BCUT2D eigenvalue weighted by Crippen LogP contribution is -2.33. The summed E-state index contributed by atoms with van der Waals surface area (Å²) in [5.74, 6) is 1.29. The molecule has 1 aliphatic carbocycles. The Morgan fingerprint density at radius 2 is 2.06 bits per heavy atom. The van der Waals surface area contributed by atoms with Crippen molar-refractivity contribution < 1.29 is 4.79 Å². The van der Waals surface area contributed by atoms with E-state index in [2.05, 4.69) is 36.1 Å². The van der Waals surface area contributed by atoms with E-state index in [0.717, 1.165) is 29.9 Å². The minimum atomic E-state index is 0.552. The van der Waals surface area contributed by atoms with E-state index < -0.39 is 0 Å². The van der Waals surface area contributed by atoms with Crippen LogP contribution in [0.1, 0.15) is 35.2 Å². The Morgan fingerprint density at radius 1 is 1.28 bits per heavy atom. The van der Waals surface area contributed by atoms with Crippen molar-refractivity contribution in [3.05, 3.63) is 47.5 Å². The summed E-state index contributed by atoms with van der Waals surface area (Å²) in [7, 11) is 0. The summed E-state index contributed by atoms with van der Waals surface area (Å²) >= 11 is 0. The molecule has 4 aliphatic rings. The van der Waals surface area contributed by atoms with Gasteiger partial charge in [0.05, 0.1) is 0 Å². The van der Waals surface area contributed by atoms with Gasteiger partial charge in [-0.25, -0.2) is 0 Å². The Hall–Kier alpha value is -1.41. The van der Waals surface area contributed by atoms with Crippen LogP contribution in [0, 0.1) is 5.92 Å². The van der Waals surface area contributed by atoms with E-state index in [1.165, 1.54) is 12.0 Å². The van der Waals surface area contributed by atoms with Gasteiger partial charge in [0, 0.05) is 23.7 Å². The summed E-state index contributed by atoms with van der Waals surface area (Å²) in [5.41, 5.74) is 2.13. The molecule has 6 atom stereocenters. The van der Waals surface area contributed by atoms with Crippen LogP contribution in [0.4, 0.5) is 0 Å². The fourth-order valence-corrected chi connectivity index (χ4v) is 4.02. The molecule has 2 saturated heterocycles. The van der Waals surface area contributed by atoms with E-state index in [0.29, 0.717) is 12.0 Å². The standard InChI is InChI=1S/C16H17NO/c1-10(12-4-2-11(9-18)3-5-12)16-13-6-7-14-15(8-13)17(14)16/h2-7,9-10,13-16H,8H2,1H3. The molecule has 0 spiro atoms. The topological polar surface area (TPSA) is 20.1 Å². The van der Waals surface area contributed by atoms with Crippen LogP contribution in [0.2, 0.25) is 0 Å². The number of nitrogens with zero attached hydrogens (tertiary/aromatic N) is 1. The molecule has 3 heterocycles. The molecule has 1 aromatic rings. The van der Waals surface area contributed by atoms with E-state index in [1.807, 2.05) is 12.1 Å². The van der Waals surface area contributed by atoms with Crippen molar-refractivity contribution in [2.24, 2.45) is 5.92 Å². The van der Waals surface area contributed by atoms with Crippen molar-refractivity contribution in [3.8, 4) is 0 Å². The lowest BCUT2D eigenvalue weighted by molar-refractivity contribution is 0.112. The zero-order valence-corrected chi connectivity index (χ0v) is 10.5. The molecule has 18 heavy (non-hydrogen) atoms. The van der Waals surface area contributed by atoms with Gasteiger partial charge in [0.1, 0.15) is 6.29 Å². The van der Waals surface area contributed by atoms with E-state index >= 15 is 0 Å². The number of carbonyl (C=O) groups is 1. The monoisotopic (exact) mass is 239 g/mol. The van der Waals surface area contributed by atoms with E-state index in [-0.39, 0.29) is 0 Å². The van der Waals surface area contributed by atoms with Gasteiger partial charge in [-0.05, 0) is 23.8 Å². The molecule has 2 fully saturated rings. The van der Waals surface area contributed by atoms with Crippen molar-refractivity contribution in [2.75, 3.05) is 0 Å². The quantitative estimate of drug-likeness (QED) is 0.459. The summed E-state index contributed by atoms with van der Waals surface area (Å²) in [6, 6.07) is 10.3. The third-order valence-electron chi connectivity index (χ3n) is 4.99. The molecular weight excluding hydrogens is 222 g/mol. The summed E-state index contributed by atoms with van der Waals surface area (Å²) < 4.78 is 0. The van der Waals surface area contributed by atoms with E-state index in [9.17, 15) is 4.79 Å². The van der Waals surface area contributed by atoms with Crippen LogP contribution >= 0.6 is 0 Å². The van der Waals surface area contributed by atoms with Crippen molar-refractivity contribution in [1.29, 1.82) is 0 Å². The summed E-state index contributed by atoms with van der Waals surface area (Å²) in [6.45, 7) is 2.32. The fourth-order valence-electron chi connectivity index (χ4n) is 4.02. The second-order valence-electron chi connectivity index (χ2n) is 5.85. The maximum atomic E-state index is 10.7. The third kappa shape index (κ3) is 1.30. The number of benzene rings is 1. The number of piperidine rings is 1. The Labute approximate surface area is 107 Å². The average Bonchev–Trinajstić information content (AvgIpc) is 3.05. The molecule has 0 amide bonds. The average molecular weight is 239 g/mol. The summed E-state index contributed by atoms with van der Waals surface area (Å²) in [6.07, 6.45) is 7.07. The van der Waals surface area contributed by atoms with Crippen LogP contribution in [0.5, 0.6) is 0 Å². The van der Waals surface area contributed by atoms with Crippen molar-refractivity contribution in [2.45, 2.75) is 37.4 Å². The summed E-state index contributed by atoms with van der Waals surface area (Å²) in [4.78, 5) is 13.4. The Morgan fingerprint density at radius 3 is 2.61 bits per heavy atom. The molecule has 92 valence electrons. The van der Waals surface area contributed by atoms with Crippen LogP contribution < -0.4 is 0 Å². The van der Waals surface area contributed by atoms with Crippen LogP contribution in [-0.4, -0.2) is 29.3 Å². The second kappa shape index (κ2) is 3.55. The maximum absolute atomic E-state index is 10.7. The van der Waals surface area contributed by atoms with Crippen molar-refractivity contribution in [3.63, 3.8) is 0 Å². The van der Waals surface area contributed by atoms with Gasteiger partial charge in [-0.2, -0.15) is 0 Å². The number of carbonyl (C=O) groups excluding carboxylic acids is 1. The van der Waals surface area contributed by atoms with Crippen molar-refractivity contribution in [1.82, 2.24) is 4.90 Å². The minimum absolute atomic E-state index is 0.552. The highest BCUT2D eigenvalue weighted by molar-refractivity contribution is 5.74. The Kier molecular flexibility index (Phi) is 2.07. The molecule has 3 aliphatic heterocycles. The Balaban J connectivity index is 1.61. The molecule has 2 heteroatoms. The first kappa shape index (κ1) is 10.5. The van der Waals surface area contributed by atoms with Crippen LogP contribution in [0.15, 0.2) is 36.4 Å². The molecule has 6 unspecified atom stereocenters. The molecule has 0 aromatic heterocycles. The molecule has 0 N–H and O–H groups in total. The fraction of sp³-hybridized carbons (Fsp3) is 0.438. The molecule has 2 nitrogen and oxygen atoms in total. The van der Waals surface area contributed by atoms with Gasteiger partial charge in [-0.1, -0.05) is 43.3 Å². The molecule has 0 radical (unpaired) electrons. The van der Waals surface area contributed by atoms with Gasteiger partial charge in [-0.15, -0.1) is 0 Å². The molecule has 4 bridgehead atoms. The maximum Gasteiger partial charge on any atom is 0.150 e. The zero-order chi connectivity index (χ0) is 12.3. The number of hydrogen-bond acceptors (Lipinski definition) is 2. The third-order valence-corrected chi connectivity index (χ3v) is 4.99. The number of hydrogen-bond donors (Lipinski definition) is 0. The van der Waals surface area contributed by atoms with Gasteiger partial charge < -0.3 is 0 Å². The van der Waals surface area contributed by atoms with Gasteiger partial charge in [0.15, 0.2) is 0 Å². The lowest BCUT2D eigenvalue weighted by atomic mass is 9.81. The molecular formula is C16H17NO. The second-order valence-corrected chi connectivity index (χ2v) is 5.85. The summed E-state index contributed by atoms with van der Waals surface area (Å²) in [5, 5.41) is 0. The molecule has 5 rings (SSSR count). The van der Waals surface area contributed by atoms with E-state index in [1.54, 1.807) is 0 Å². The number of aldehydes is 1. The van der Waals surface area contributed by atoms with Gasteiger partial charge in [0.2, 0.25) is 0 Å². The highest BCUT2D eigenvalue weighted by Crippen LogP contribution is 2.54. The predicted molar refractivity (Wildman–Crippen MR) is 70.7 cm³/mol. The molecule has 0 saturated carbocycles. The van der Waals surface area contributed by atoms with Crippen molar-refractivity contribution >= 4 is 6.29 Å². The van der Waals surface area contributed by atoms with Gasteiger partial charge in [-0.3, -0.25) is 9.69 Å². The highest BCUT2D eigenvalue weighted by atomic mass is 16.1. The lowest BCUT2D eigenvalue weighted by Gasteiger charge is -2.31. The smallest absolute Gasteiger partial charge is 0.150 e. The largest absolute Gasteiger partial charge is 0.298 e. The first-order valence-corrected chi connectivity index (χ1v) is 6.80. The van der Waals surface area contributed by atoms with Crippen LogP contribution in [0.3, 0.4) is 0 Å². The zero-order valence-electron chi connectivity index (χ0n) is 10.5. The Bertz CT molecular complexity index is 518. The first-order chi connectivity index (χ1) is 8.79. The SMILES string of the molecule is CC(c1ccc(C=O)cc1)C1C2C=CC3C(C2)N31. The van der Waals surface area contributed by atoms with Crippen LogP contribution in [0.25, 0.3) is 0 Å². The predicted octanol–water partition coefficient (Wildman–Crippen LogP) is 2.61. The van der Waals surface area contributed by atoms with E-state index in [4.69, 9.17) is 0 Å². The minimum Gasteiger partial charge on any atom is -0.298 e.